The van der Waals surface area contributed by atoms with Crippen LogP contribution in [0.4, 0.5) is 0 Å². The second-order valence-corrected chi connectivity index (χ2v) is 5.39. The Morgan fingerprint density at radius 1 is 0.647 bits per heavy atom. The van der Waals surface area contributed by atoms with Crippen LogP contribution in [0.3, 0.4) is 0 Å². The number of hydrogen-bond donors (Lipinski definition) is 0. The van der Waals surface area contributed by atoms with Gasteiger partial charge in [0.1, 0.15) is 0 Å². The van der Waals surface area contributed by atoms with Gasteiger partial charge in [-0.3, -0.25) is 0 Å². The van der Waals surface area contributed by atoms with Crippen molar-refractivity contribution in [3.05, 3.63) is 13.8 Å². The van der Waals surface area contributed by atoms with Gasteiger partial charge < -0.3 is 0 Å². The van der Waals surface area contributed by atoms with E-state index in [-0.39, 0.29) is 0 Å². The third-order valence-electron chi connectivity index (χ3n) is 3.80. The molecule has 2 radical (unpaired) electrons. The Morgan fingerprint density at radius 2 is 1.06 bits per heavy atom. The molecule has 0 aromatic carbocycles. The molecular weight excluding hydrogens is 204 g/mol. The van der Waals surface area contributed by atoms with Crippen LogP contribution < -0.4 is 0 Å². The average Bonchev–Trinajstić information content (AvgIpc) is 2.35. The largest absolute Gasteiger partial charge is 0.0651 e. The van der Waals surface area contributed by atoms with E-state index >= 15 is 0 Å². The first-order chi connectivity index (χ1) is 8.35. The number of rotatable bonds is 13. The van der Waals surface area contributed by atoms with E-state index in [0.29, 0.717) is 0 Å². The molecule has 0 saturated heterocycles. The number of unbranched alkanes of at least 4 members (excludes halogenated alkanes) is 8. The maximum atomic E-state index is 3.91. The summed E-state index contributed by atoms with van der Waals surface area (Å²) in [6.45, 7) is 10.2. The molecule has 0 fully saturated rings. The molecule has 0 N–H and O–H groups in total. The minimum Gasteiger partial charge on any atom is -0.0651 e. The van der Waals surface area contributed by atoms with Gasteiger partial charge in [0.05, 0.1) is 0 Å². The lowest BCUT2D eigenvalue weighted by atomic mass is 9.92. The van der Waals surface area contributed by atoms with Gasteiger partial charge in [0.15, 0.2) is 0 Å². The molecule has 0 rings (SSSR count). The van der Waals surface area contributed by atoms with Crippen LogP contribution in [0.5, 0.6) is 0 Å². The fourth-order valence-corrected chi connectivity index (χ4v) is 2.48. The molecule has 0 amide bonds. The summed E-state index contributed by atoms with van der Waals surface area (Å²) in [4.78, 5) is 0. The van der Waals surface area contributed by atoms with Crippen LogP contribution in [-0.4, -0.2) is 0 Å². The van der Waals surface area contributed by atoms with Gasteiger partial charge in [-0.25, -0.2) is 0 Å². The van der Waals surface area contributed by atoms with Crippen molar-refractivity contribution in [3.63, 3.8) is 0 Å². The average molecular weight is 238 g/mol. The van der Waals surface area contributed by atoms with E-state index in [1.807, 2.05) is 0 Å². The first-order valence-electron chi connectivity index (χ1n) is 7.93. The molecule has 17 heavy (non-hydrogen) atoms. The van der Waals surface area contributed by atoms with Crippen LogP contribution in [-0.2, 0) is 0 Å². The third kappa shape index (κ3) is 12.2. The minimum absolute atomic E-state index is 0.987. The summed E-state index contributed by atoms with van der Waals surface area (Å²) in [5, 5.41) is 0. The number of hydrogen-bond acceptors (Lipinski definition) is 0. The minimum atomic E-state index is 0.987. The van der Waals surface area contributed by atoms with Crippen molar-refractivity contribution in [2.24, 2.45) is 5.92 Å². The van der Waals surface area contributed by atoms with E-state index in [9.17, 15) is 0 Å². The lowest BCUT2D eigenvalue weighted by molar-refractivity contribution is 0.397. The van der Waals surface area contributed by atoms with Gasteiger partial charge in [0.25, 0.3) is 0 Å². The Balaban J connectivity index is 3.25. The second kappa shape index (κ2) is 14.1. The molecular formula is C17H34. The van der Waals surface area contributed by atoms with Crippen molar-refractivity contribution in [3.8, 4) is 0 Å². The van der Waals surface area contributed by atoms with Crippen molar-refractivity contribution < 1.29 is 0 Å². The lowest BCUT2D eigenvalue weighted by Gasteiger charge is -2.14. The molecule has 0 aliphatic heterocycles. The van der Waals surface area contributed by atoms with E-state index in [2.05, 4.69) is 20.8 Å². The predicted octanol–water partition coefficient (Wildman–Crippen LogP) is 6.36. The summed E-state index contributed by atoms with van der Waals surface area (Å²) in [6, 6.07) is 0. The predicted molar refractivity (Wildman–Crippen MR) is 79.9 cm³/mol. The van der Waals surface area contributed by atoms with Gasteiger partial charge in [-0.15, -0.1) is 0 Å². The van der Waals surface area contributed by atoms with Crippen molar-refractivity contribution in [1.29, 1.82) is 0 Å². The SMILES string of the molecule is [CH2]CCCCCCCCC(CC)CCCC[CH2]. The zero-order chi connectivity index (χ0) is 12.8. The fourth-order valence-electron chi connectivity index (χ4n) is 2.48. The monoisotopic (exact) mass is 238 g/mol. The Morgan fingerprint density at radius 3 is 1.59 bits per heavy atom. The van der Waals surface area contributed by atoms with Crippen LogP contribution in [0.1, 0.15) is 90.4 Å². The first-order valence-corrected chi connectivity index (χ1v) is 7.93. The highest BCUT2D eigenvalue weighted by Crippen LogP contribution is 2.20. The van der Waals surface area contributed by atoms with Gasteiger partial charge in [0.2, 0.25) is 0 Å². The van der Waals surface area contributed by atoms with Gasteiger partial charge in [-0.2, -0.15) is 0 Å². The van der Waals surface area contributed by atoms with Gasteiger partial charge in [-0.1, -0.05) is 104 Å². The summed E-state index contributed by atoms with van der Waals surface area (Å²) in [7, 11) is 0. The molecule has 1 unspecified atom stereocenters. The Bertz CT molecular complexity index is 128. The van der Waals surface area contributed by atoms with Crippen LogP contribution in [0, 0.1) is 19.8 Å². The van der Waals surface area contributed by atoms with Crippen molar-refractivity contribution in [2.45, 2.75) is 90.4 Å². The van der Waals surface area contributed by atoms with Crippen LogP contribution in [0.2, 0.25) is 0 Å². The quantitative estimate of drug-likeness (QED) is 0.327. The zero-order valence-corrected chi connectivity index (χ0v) is 12.2. The molecule has 0 nitrogen and oxygen atoms in total. The van der Waals surface area contributed by atoms with E-state index < -0.39 is 0 Å². The highest BCUT2D eigenvalue weighted by molar-refractivity contribution is 4.59. The van der Waals surface area contributed by atoms with Gasteiger partial charge in [-0.05, 0) is 5.92 Å². The lowest BCUT2D eigenvalue weighted by Crippen LogP contribution is -1.99. The van der Waals surface area contributed by atoms with Gasteiger partial charge in [0, 0.05) is 0 Å². The third-order valence-corrected chi connectivity index (χ3v) is 3.80. The van der Waals surface area contributed by atoms with Crippen molar-refractivity contribution in [2.75, 3.05) is 0 Å². The maximum absolute atomic E-state index is 3.91. The molecule has 0 saturated carbocycles. The molecule has 0 heterocycles. The van der Waals surface area contributed by atoms with E-state index in [4.69, 9.17) is 0 Å². The normalized spacial score (nSPS) is 12.9. The molecule has 0 aliphatic carbocycles. The Labute approximate surface area is 111 Å². The van der Waals surface area contributed by atoms with Crippen LogP contribution in [0.15, 0.2) is 0 Å². The van der Waals surface area contributed by atoms with Crippen LogP contribution >= 0.6 is 0 Å². The first kappa shape index (κ1) is 17.0. The highest BCUT2D eigenvalue weighted by atomic mass is 14.1. The van der Waals surface area contributed by atoms with Gasteiger partial charge >= 0.3 is 0 Å². The van der Waals surface area contributed by atoms with Crippen LogP contribution in [0.25, 0.3) is 0 Å². The molecule has 0 aromatic heterocycles. The van der Waals surface area contributed by atoms with E-state index in [1.54, 1.807) is 0 Å². The molecule has 102 valence electrons. The zero-order valence-electron chi connectivity index (χ0n) is 12.2. The topological polar surface area (TPSA) is 0 Å². The summed E-state index contributed by atoms with van der Waals surface area (Å²) in [5.41, 5.74) is 0. The highest BCUT2D eigenvalue weighted by Gasteiger charge is 2.05. The molecule has 0 aliphatic rings. The Kier molecular flexibility index (Phi) is 14.1. The standard InChI is InChI=1S/C17H34/c1-4-7-9-10-11-12-14-16-17(6-3)15-13-8-5-2/h17H,1-2,4-16H2,3H3. The van der Waals surface area contributed by atoms with Crippen molar-refractivity contribution >= 4 is 0 Å². The molecule has 1 atom stereocenters. The van der Waals surface area contributed by atoms with Crippen molar-refractivity contribution in [1.82, 2.24) is 0 Å². The summed E-state index contributed by atoms with van der Waals surface area (Å²) in [5.74, 6) is 0.987. The molecule has 0 heteroatoms. The summed E-state index contributed by atoms with van der Waals surface area (Å²) < 4.78 is 0. The Hall–Kier alpha value is 0. The summed E-state index contributed by atoms with van der Waals surface area (Å²) >= 11 is 0. The van der Waals surface area contributed by atoms with E-state index in [1.165, 1.54) is 70.6 Å². The smallest absolute Gasteiger partial charge is 0.0417 e. The fraction of sp³-hybridized carbons (Fsp3) is 0.882. The second-order valence-electron chi connectivity index (χ2n) is 5.39. The summed E-state index contributed by atoms with van der Waals surface area (Å²) in [6.07, 6.45) is 17.7. The van der Waals surface area contributed by atoms with E-state index in [0.717, 1.165) is 18.8 Å². The molecule has 0 aromatic rings. The molecule has 0 bridgehead atoms. The maximum Gasteiger partial charge on any atom is -0.0417 e. The molecule has 0 spiro atoms.